The molecule has 1 saturated heterocycles. The molecule has 146 valence electrons. The fourth-order valence-corrected chi connectivity index (χ4v) is 3.46. The molecule has 1 aromatic carbocycles. The standard InChI is InChI=1S/C21H22N2O5/c1-5-21(13-27-18(25)16-9-7-6-8-10-16)11-15(3)20(4,28-21)23-12-14(2)17(24)22-19(23)26/h1,6-10,12,15H,11,13H2,2-4H3,(H,22,24,26)/t15?,20-,21+/m1/s1. The van der Waals surface area contributed by atoms with Gasteiger partial charge in [-0.2, -0.15) is 0 Å². The number of terminal acetylenes is 1. The lowest BCUT2D eigenvalue weighted by Gasteiger charge is -2.32. The van der Waals surface area contributed by atoms with Gasteiger partial charge in [0.25, 0.3) is 5.56 Å². The third kappa shape index (κ3) is 3.39. The lowest BCUT2D eigenvalue weighted by Crippen LogP contribution is -2.47. The summed E-state index contributed by atoms with van der Waals surface area (Å²) in [6.07, 6.45) is 7.58. The van der Waals surface area contributed by atoms with Crippen LogP contribution >= 0.6 is 0 Å². The van der Waals surface area contributed by atoms with Crippen molar-refractivity contribution in [1.82, 2.24) is 9.55 Å². The highest BCUT2D eigenvalue weighted by atomic mass is 16.6. The van der Waals surface area contributed by atoms with Gasteiger partial charge in [-0.1, -0.05) is 31.0 Å². The van der Waals surface area contributed by atoms with Crippen LogP contribution in [0.4, 0.5) is 0 Å². The third-order valence-electron chi connectivity index (χ3n) is 5.26. The van der Waals surface area contributed by atoms with Crippen LogP contribution in [0.2, 0.25) is 0 Å². The van der Waals surface area contributed by atoms with E-state index in [1.54, 1.807) is 44.2 Å². The number of rotatable bonds is 4. The van der Waals surface area contributed by atoms with Crippen molar-refractivity contribution in [2.24, 2.45) is 5.92 Å². The lowest BCUT2D eigenvalue weighted by atomic mass is 9.91. The number of hydrogen-bond acceptors (Lipinski definition) is 5. The number of carbonyl (C=O) groups is 1. The van der Waals surface area contributed by atoms with Crippen LogP contribution in [0.1, 0.15) is 36.2 Å². The van der Waals surface area contributed by atoms with Crippen LogP contribution in [0.5, 0.6) is 0 Å². The largest absolute Gasteiger partial charge is 0.458 e. The Balaban J connectivity index is 1.86. The summed E-state index contributed by atoms with van der Waals surface area (Å²) in [5, 5.41) is 0. The van der Waals surface area contributed by atoms with E-state index in [2.05, 4.69) is 10.9 Å². The Labute approximate surface area is 162 Å². The Morgan fingerprint density at radius 3 is 2.71 bits per heavy atom. The first-order chi connectivity index (χ1) is 13.2. The number of H-pyrrole nitrogens is 1. The van der Waals surface area contributed by atoms with Gasteiger partial charge < -0.3 is 9.47 Å². The number of aryl methyl sites for hydroxylation is 1. The van der Waals surface area contributed by atoms with Crippen LogP contribution in [0.25, 0.3) is 0 Å². The third-order valence-corrected chi connectivity index (χ3v) is 5.26. The van der Waals surface area contributed by atoms with Gasteiger partial charge in [-0.05, 0) is 32.4 Å². The van der Waals surface area contributed by atoms with Crippen molar-refractivity contribution in [1.29, 1.82) is 0 Å². The first kappa shape index (κ1) is 19.6. The Bertz CT molecular complexity index is 1050. The molecule has 0 spiro atoms. The second kappa shape index (κ2) is 7.13. The average Bonchev–Trinajstić information content (AvgIpc) is 2.95. The molecule has 1 unspecified atom stereocenters. The summed E-state index contributed by atoms with van der Waals surface area (Å²) in [5.41, 5.74) is -2.52. The molecule has 1 N–H and O–H groups in total. The number of nitrogens with one attached hydrogen (secondary N) is 1. The van der Waals surface area contributed by atoms with Crippen molar-refractivity contribution < 1.29 is 14.3 Å². The van der Waals surface area contributed by atoms with E-state index < -0.39 is 28.5 Å². The molecule has 0 amide bonds. The summed E-state index contributed by atoms with van der Waals surface area (Å²) in [6.45, 7) is 5.09. The summed E-state index contributed by atoms with van der Waals surface area (Å²) in [5.74, 6) is 1.92. The number of aromatic amines is 1. The molecule has 1 aliphatic rings. The highest BCUT2D eigenvalue weighted by molar-refractivity contribution is 5.89. The predicted octanol–water partition coefficient (Wildman–Crippen LogP) is 1.80. The maximum absolute atomic E-state index is 12.4. The molecule has 2 heterocycles. The molecule has 3 atom stereocenters. The number of ether oxygens (including phenoxy) is 2. The van der Waals surface area contributed by atoms with Gasteiger partial charge in [0.2, 0.25) is 0 Å². The smallest absolute Gasteiger partial charge is 0.338 e. The maximum Gasteiger partial charge on any atom is 0.338 e. The van der Waals surface area contributed by atoms with Crippen LogP contribution in [-0.4, -0.2) is 27.7 Å². The fourth-order valence-electron chi connectivity index (χ4n) is 3.46. The second-order valence-corrected chi connectivity index (χ2v) is 7.28. The molecule has 1 aliphatic heterocycles. The van der Waals surface area contributed by atoms with E-state index in [0.29, 0.717) is 17.5 Å². The Kier molecular flexibility index (Phi) is 5.01. The number of esters is 1. The summed E-state index contributed by atoms with van der Waals surface area (Å²) in [7, 11) is 0. The topological polar surface area (TPSA) is 90.4 Å². The quantitative estimate of drug-likeness (QED) is 0.643. The zero-order valence-corrected chi connectivity index (χ0v) is 16.0. The Morgan fingerprint density at radius 1 is 1.39 bits per heavy atom. The minimum absolute atomic E-state index is 0.145. The normalized spacial score (nSPS) is 26.6. The first-order valence-corrected chi connectivity index (χ1v) is 8.94. The lowest BCUT2D eigenvalue weighted by molar-refractivity contribution is -0.143. The van der Waals surface area contributed by atoms with Crippen LogP contribution in [0, 0.1) is 25.2 Å². The summed E-state index contributed by atoms with van der Waals surface area (Å²) < 4.78 is 12.9. The molecule has 0 saturated carbocycles. The van der Waals surface area contributed by atoms with E-state index in [1.807, 2.05) is 6.92 Å². The molecule has 0 aliphatic carbocycles. The van der Waals surface area contributed by atoms with Gasteiger partial charge in [0.05, 0.1) is 5.56 Å². The highest BCUT2D eigenvalue weighted by Gasteiger charge is 2.53. The minimum atomic E-state index is -1.18. The number of carbonyl (C=O) groups excluding carboxylic acids is 1. The van der Waals surface area contributed by atoms with Gasteiger partial charge in [0, 0.05) is 17.7 Å². The van der Waals surface area contributed by atoms with Crippen molar-refractivity contribution in [2.45, 2.75) is 38.5 Å². The first-order valence-electron chi connectivity index (χ1n) is 8.94. The Hall–Kier alpha value is -3.11. The predicted molar refractivity (Wildman–Crippen MR) is 103 cm³/mol. The van der Waals surface area contributed by atoms with E-state index in [0.717, 1.165) is 0 Å². The molecule has 28 heavy (non-hydrogen) atoms. The highest BCUT2D eigenvalue weighted by Crippen LogP contribution is 2.44. The maximum atomic E-state index is 12.4. The summed E-state index contributed by atoms with van der Waals surface area (Å²) in [4.78, 5) is 38.6. The molecule has 7 nitrogen and oxygen atoms in total. The van der Waals surface area contributed by atoms with Crippen LogP contribution in [-0.2, 0) is 15.2 Å². The van der Waals surface area contributed by atoms with Crippen LogP contribution < -0.4 is 11.2 Å². The molecule has 0 radical (unpaired) electrons. The minimum Gasteiger partial charge on any atom is -0.458 e. The average molecular weight is 382 g/mol. The van der Waals surface area contributed by atoms with Gasteiger partial charge in [0.15, 0.2) is 11.3 Å². The van der Waals surface area contributed by atoms with Crippen molar-refractivity contribution in [2.75, 3.05) is 6.61 Å². The zero-order chi connectivity index (χ0) is 20.5. The van der Waals surface area contributed by atoms with E-state index in [9.17, 15) is 14.4 Å². The zero-order valence-electron chi connectivity index (χ0n) is 16.0. The number of benzene rings is 1. The molecule has 1 aromatic heterocycles. The van der Waals surface area contributed by atoms with Gasteiger partial charge in [-0.25, -0.2) is 9.59 Å². The van der Waals surface area contributed by atoms with Crippen molar-refractivity contribution in [3.63, 3.8) is 0 Å². The summed E-state index contributed by atoms with van der Waals surface area (Å²) in [6, 6.07) is 8.58. The van der Waals surface area contributed by atoms with Crippen molar-refractivity contribution in [3.05, 3.63) is 68.5 Å². The van der Waals surface area contributed by atoms with Crippen molar-refractivity contribution >= 4 is 5.97 Å². The van der Waals surface area contributed by atoms with E-state index in [1.165, 1.54) is 10.8 Å². The molecule has 0 bridgehead atoms. The summed E-state index contributed by atoms with van der Waals surface area (Å²) >= 11 is 0. The van der Waals surface area contributed by atoms with Gasteiger partial charge >= 0.3 is 11.7 Å². The number of hydrogen-bond donors (Lipinski definition) is 1. The van der Waals surface area contributed by atoms with E-state index >= 15 is 0 Å². The van der Waals surface area contributed by atoms with Gasteiger partial charge in [-0.3, -0.25) is 14.3 Å². The monoisotopic (exact) mass is 382 g/mol. The SMILES string of the molecule is C#C[C@@]1(COC(=O)c2ccccc2)CC(C)[C@](C)(n2cc(C)c(=O)[nH]c2=O)O1. The molecule has 7 heteroatoms. The van der Waals surface area contributed by atoms with Crippen LogP contribution in [0.15, 0.2) is 46.1 Å². The van der Waals surface area contributed by atoms with Gasteiger partial charge in [-0.15, -0.1) is 6.42 Å². The molecular formula is C21H22N2O5. The number of aromatic nitrogens is 2. The fraction of sp³-hybridized carbons (Fsp3) is 0.381. The molecule has 3 rings (SSSR count). The molecule has 1 fully saturated rings. The van der Waals surface area contributed by atoms with E-state index in [-0.39, 0.29) is 12.5 Å². The van der Waals surface area contributed by atoms with E-state index in [4.69, 9.17) is 15.9 Å². The van der Waals surface area contributed by atoms with Crippen LogP contribution in [0.3, 0.4) is 0 Å². The molecular weight excluding hydrogens is 360 g/mol. The Morgan fingerprint density at radius 2 is 2.07 bits per heavy atom. The second-order valence-electron chi connectivity index (χ2n) is 7.28. The van der Waals surface area contributed by atoms with Gasteiger partial charge in [0.1, 0.15) is 6.61 Å². The molecule has 2 aromatic rings. The van der Waals surface area contributed by atoms with Crippen molar-refractivity contribution in [3.8, 4) is 12.3 Å². The number of nitrogens with zero attached hydrogens (tertiary/aromatic N) is 1.